The predicted octanol–water partition coefficient (Wildman–Crippen LogP) is 4.10. The largest absolute Gasteiger partial charge is 0.390 e. The van der Waals surface area contributed by atoms with E-state index in [0.29, 0.717) is 5.56 Å². The standard InChI is InChI=1S/C29H31F2N5O7S/c1-14-5-8-17(9-6-14)44(40,41)35(22-12-18(22)16-7-10-19(30)20(31)11-16)28-24(36(38)39)27(32-15(2)33-28)34-21-13-23(37)26-25(21)42-29(3,4)43-26/h5-11,18,21-23,25-26,37H,12-13H2,1-4H3,(H,32,33,34)/t18-,21+,22+,23-,25-,26+/m0/s1. The number of benzene rings is 2. The Morgan fingerprint density at radius 3 is 2.39 bits per heavy atom. The van der Waals surface area contributed by atoms with Gasteiger partial charge < -0.3 is 19.9 Å². The van der Waals surface area contributed by atoms with Gasteiger partial charge in [-0.15, -0.1) is 0 Å². The first-order chi connectivity index (χ1) is 20.7. The van der Waals surface area contributed by atoms with Gasteiger partial charge in [0.05, 0.1) is 28.0 Å². The van der Waals surface area contributed by atoms with Crippen molar-refractivity contribution in [3.8, 4) is 0 Å². The molecule has 0 spiro atoms. The summed E-state index contributed by atoms with van der Waals surface area (Å²) in [5.74, 6) is -4.40. The monoisotopic (exact) mass is 631 g/mol. The molecule has 44 heavy (non-hydrogen) atoms. The van der Waals surface area contributed by atoms with Gasteiger partial charge in [-0.1, -0.05) is 23.8 Å². The van der Waals surface area contributed by atoms with E-state index in [2.05, 4.69) is 15.3 Å². The van der Waals surface area contributed by atoms with Crippen LogP contribution in [0.4, 0.5) is 26.1 Å². The zero-order valence-corrected chi connectivity index (χ0v) is 25.1. The van der Waals surface area contributed by atoms with Gasteiger partial charge in [0.15, 0.2) is 17.4 Å². The molecule has 2 heterocycles. The number of nitro groups is 1. The number of fused-ring (bicyclic) bond motifs is 1. The fourth-order valence-corrected chi connectivity index (χ4v) is 7.71. The van der Waals surface area contributed by atoms with Crippen molar-refractivity contribution in [1.29, 1.82) is 0 Å². The molecule has 0 bridgehead atoms. The topological polar surface area (TPSA) is 157 Å². The fourth-order valence-electron chi connectivity index (χ4n) is 6.06. The molecule has 2 aromatic carbocycles. The van der Waals surface area contributed by atoms with Crippen LogP contribution in [0.5, 0.6) is 0 Å². The summed E-state index contributed by atoms with van der Waals surface area (Å²) in [7, 11) is -4.46. The van der Waals surface area contributed by atoms with E-state index in [1.54, 1.807) is 32.9 Å². The molecule has 0 amide bonds. The molecular formula is C29H31F2N5O7S. The first-order valence-electron chi connectivity index (χ1n) is 14.1. The molecular weight excluding hydrogens is 600 g/mol. The van der Waals surface area contributed by atoms with Crippen LogP contribution >= 0.6 is 0 Å². The van der Waals surface area contributed by atoms with Gasteiger partial charge >= 0.3 is 5.69 Å². The third-order valence-corrected chi connectivity index (χ3v) is 9.96. The van der Waals surface area contributed by atoms with Crippen LogP contribution in [-0.2, 0) is 19.5 Å². The van der Waals surface area contributed by atoms with Crippen molar-refractivity contribution in [3.05, 3.63) is 81.2 Å². The van der Waals surface area contributed by atoms with Crippen molar-refractivity contribution < 1.29 is 36.7 Å². The van der Waals surface area contributed by atoms with Crippen molar-refractivity contribution in [2.45, 2.75) is 87.5 Å². The first kappa shape index (κ1) is 30.2. The summed E-state index contributed by atoms with van der Waals surface area (Å²) >= 11 is 0. The number of hydrogen-bond donors (Lipinski definition) is 2. The number of aliphatic hydroxyl groups is 1. The van der Waals surface area contributed by atoms with Crippen LogP contribution in [0.25, 0.3) is 0 Å². The Morgan fingerprint density at radius 2 is 1.73 bits per heavy atom. The molecule has 3 fully saturated rings. The van der Waals surface area contributed by atoms with Crippen LogP contribution in [0, 0.1) is 35.6 Å². The van der Waals surface area contributed by atoms with Crippen molar-refractivity contribution in [2.24, 2.45) is 0 Å². The average molecular weight is 632 g/mol. The van der Waals surface area contributed by atoms with Crippen LogP contribution in [0.3, 0.4) is 0 Å². The van der Waals surface area contributed by atoms with E-state index in [4.69, 9.17) is 9.47 Å². The van der Waals surface area contributed by atoms with Crippen molar-refractivity contribution in [3.63, 3.8) is 0 Å². The molecule has 12 nitrogen and oxygen atoms in total. The smallest absolute Gasteiger partial charge is 0.354 e. The van der Waals surface area contributed by atoms with Gasteiger partial charge in [-0.2, -0.15) is 0 Å². The SMILES string of the molecule is Cc1ccc(S(=O)(=O)N(c2nc(C)nc(N[C@@H]3C[C@H](O)[C@H]4OC(C)(C)O[C@H]43)c2[N+](=O)[O-])[C@@H]2C[C@H]2c2ccc(F)c(F)c2)cc1. The highest BCUT2D eigenvalue weighted by Crippen LogP contribution is 2.51. The highest BCUT2D eigenvalue weighted by Gasteiger charge is 2.55. The Labute approximate surface area is 252 Å². The van der Waals surface area contributed by atoms with E-state index in [1.807, 2.05) is 0 Å². The lowest BCUT2D eigenvalue weighted by atomic mass is 10.1. The summed E-state index contributed by atoms with van der Waals surface area (Å²) in [6.07, 6.45) is -1.94. The third-order valence-electron chi connectivity index (χ3n) is 8.13. The lowest BCUT2D eigenvalue weighted by Gasteiger charge is -2.26. The Balaban J connectivity index is 1.45. The Hall–Kier alpha value is -3.79. The molecule has 234 valence electrons. The Morgan fingerprint density at radius 1 is 1.05 bits per heavy atom. The lowest BCUT2D eigenvalue weighted by Crippen LogP contribution is -2.37. The van der Waals surface area contributed by atoms with E-state index in [-0.39, 0.29) is 29.4 Å². The summed E-state index contributed by atoms with van der Waals surface area (Å²) in [6, 6.07) is 7.75. The normalized spacial score (nSPS) is 27.2. The van der Waals surface area contributed by atoms with Crippen LogP contribution in [0.1, 0.15) is 49.6 Å². The number of nitrogens with zero attached hydrogens (tertiary/aromatic N) is 4. The van der Waals surface area contributed by atoms with Crippen LogP contribution in [0.15, 0.2) is 47.4 Å². The summed E-state index contributed by atoms with van der Waals surface area (Å²) in [6.45, 7) is 6.64. The third kappa shape index (κ3) is 5.38. The van der Waals surface area contributed by atoms with Gasteiger partial charge in [-0.05, 0) is 70.4 Å². The number of hydrogen-bond acceptors (Lipinski definition) is 10. The van der Waals surface area contributed by atoms with Crippen molar-refractivity contribution >= 4 is 27.3 Å². The minimum Gasteiger partial charge on any atom is -0.390 e. The molecule has 2 aliphatic carbocycles. The minimum atomic E-state index is -4.46. The van der Waals surface area contributed by atoms with Gasteiger partial charge in [0, 0.05) is 5.92 Å². The minimum absolute atomic E-state index is 0.0428. The van der Waals surface area contributed by atoms with Crippen molar-refractivity contribution in [1.82, 2.24) is 9.97 Å². The second kappa shape index (κ2) is 10.7. The highest BCUT2D eigenvalue weighted by molar-refractivity contribution is 7.92. The quantitative estimate of drug-likeness (QED) is 0.274. The summed E-state index contributed by atoms with van der Waals surface area (Å²) < 4.78 is 69.0. The number of anilines is 2. The van der Waals surface area contributed by atoms with Gasteiger partial charge in [-0.3, -0.25) is 10.1 Å². The van der Waals surface area contributed by atoms with Crippen molar-refractivity contribution in [2.75, 3.05) is 9.62 Å². The molecule has 6 atom stereocenters. The molecule has 15 heteroatoms. The number of sulfonamides is 1. The lowest BCUT2D eigenvalue weighted by molar-refractivity contribution is -0.383. The van der Waals surface area contributed by atoms with E-state index < -0.39 is 80.2 Å². The van der Waals surface area contributed by atoms with Gasteiger partial charge in [0.1, 0.15) is 18.0 Å². The molecule has 1 saturated heterocycles. The number of ether oxygens (including phenoxy) is 2. The number of aromatic nitrogens is 2. The summed E-state index contributed by atoms with van der Waals surface area (Å²) in [5.41, 5.74) is 0.449. The average Bonchev–Trinajstić information content (AvgIpc) is 3.56. The first-order valence-corrected chi connectivity index (χ1v) is 15.5. The summed E-state index contributed by atoms with van der Waals surface area (Å²) in [4.78, 5) is 20.3. The predicted molar refractivity (Wildman–Crippen MR) is 154 cm³/mol. The fraction of sp³-hybridized carbons (Fsp3) is 0.448. The van der Waals surface area contributed by atoms with Gasteiger partial charge in [-0.25, -0.2) is 31.5 Å². The molecule has 6 rings (SSSR count). The molecule has 2 saturated carbocycles. The van der Waals surface area contributed by atoms with Crippen LogP contribution in [0.2, 0.25) is 0 Å². The number of aryl methyl sites for hydroxylation is 2. The second-order valence-corrected chi connectivity index (χ2v) is 13.7. The van der Waals surface area contributed by atoms with E-state index >= 15 is 0 Å². The van der Waals surface area contributed by atoms with Crippen LogP contribution in [-0.4, -0.2) is 64.6 Å². The molecule has 0 unspecified atom stereocenters. The van der Waals surface area contributed by atoms with E-state index in [1.165, 1.54) is 25.1 Å². The maximum absolute atomic E-state index is 14.2. The Kier molecular flexibility index (Phi) is 7.34. The molecule has 2 N–H and O–H groups in total. The maximum atomic E-state index is 14.2. The molecule has 1 aliphatic heterocycles. The summed E-state index contributed by atoms with van der Waals surface area (Å²) in [5, 5.41) is 26.3. The second-order valence-electron chi connectivity index (χ2n) is 11.9. The van der Waals surface area contributed by atoms with Gasteiger partial charge in [0.2, 0.25) is 11.6 Å². The number of nitrogens with one attached hydrogen (secondary N) is 1. The Bertz CT molecular complexity index is 1740. The number of rotatable bonds is 8. The maximum Gasteiger partial charge on any atom is 0.354 e. The van der Waals surface area contributed by atoms with Gasteiger partial charge in [0.25, 0.3) is 10.0 Å². The zero-order chi connectivity index (χ0) is 31.7. The van der Waals surface area contributed by atoms with E-state index in [0.717, 1.165) is 22.0 Å². The molecule has 0 radical (unpaired) electrons. The molecule has 3 aromatic rings. The van der Waals surface area contributed by atoms with Crippen LogP contribution < -0.4 is 9.62 Å². The number of halogens is 2. The zero-order valence-electron chi connectivity index (χ0n) is 24.3. The highest BCUT2D eigenvalue weighted by atomic mass is 32.2. The molecule has 3 aliphatic rings. The number of aliphatic hydroxyl groups excluding tert-OH is 1. The van der Waals surface area contributed by atoms with E-state index in [9.17, 15) is 32.4 Å². The molecule has 1 aromatic heterocycles.